The number of aromatic nitrogens is 1. The Bertz CT molecular complexity index is 1020. The Morgan fingerprint density at radius 1 is 1.04 bits per heavy atom. The summed E-state index contributed by atoms with van der Waals surface area (Å²) in [6.45, 7) is 5.07. The third kappa shape index (κ3) is 4.40. The number of nitrogens with one attached hydrogen (secondary N) is 2. The molecule has 0 bridgehead atoms. The second kappa shape index (κ2) is 8.27. The molecule has 3 aromatic rings. The van der Waals surface area contributed by atoms with Crippen molar-refractivity contribution in [3.63, 3.8) is 0 Å². The molecule has 3 rings (SSSR count). The van der Waals surface area contributed by atoms with Crippen LogP contribution in [0.5, 0.6) is 0 Å². The van der Waals surface area contributed by atoms with E-state index in [9.17, 15) is 9.59 Å². The number of fused-ring (bicyclic) bond motifs is 1. The monoisotopic (exact) mass is 378 g/mol. The second-order valence-electron chi connectivity index (χ2n) is 7.24. The smallest absolute Gasteiger partial charge is 0.257 e. The Morgan fingerprint density at radius 2 is 1.79 bits per heavy atom. The van der Waals surface area contributed by atoms with E-state index in [1.54, 1.807) is 6.07 Å². The fourth-order valence-corrected chi connectivity index (χ4v) is 3.17. The molecule has 2 N–H and O–H groups in total. The Kier molecular flexibility index (Phi) is 5.80. The van der Waals surface area contributed by atoms with Crippen LogP contribution in [-0.2, 0) is 11.3 Å². The van der Waals surface area contributed by atoms with E-state index in [1.165, 1.54) is 6.92 Å². The van der Waals surface area contributed by atoms with Gasteiger partial charge in [0.2, 0.25) is 5.91 Å². The van der Waals surface area contributed by atoms with Crippen LogP contribution in [0.3, 0.4) is 0 Å². The summed E-state index contributed by atoms with van der Waals surface area (Å²) >= 11 is 0. The first-order chi connectivity index (χ1) is 13.3. The maximum absolute atomic E-state index is 13.1. The lowest BCUT2D eigenvalue weighted by Gasteiger charge is -2.12. The van der Waals surface area contributed by atoms with Gasteiger partial charge in [0.25, 0.3) is 5.91 Å². The Morgan fingerprint density at radius 3 is 2.50 bits per heavy atom. The van der Waals surface area contributed by atoms with E-state index in [2.05, 4.69) is 20.1 Å². The molecule has 0 aliphatic rings. The number of nitrogens with zero attached hydrogens (tertiary/aromatic N) is 2. The number of hydrogen-bond donors (Lipinski definition) is 2. The molecule has 0 spiro atoms. The number of para-hydroxylation sites is 1. The van der Waals surface area contributed by atoms with Gasteiger partial charge in [-0.25, -0.2) is 0 Å². The van der Waals surface area contributed by atoms with Crippen LogP contribution in [0, 0.1) is 6.92 Å². The molecule has 0 fully saturated rings. The highest BCUT2D eigenvalue weighted by molar-refractivity contribution is 6.14. The van der Waals surface area contributed by atoms with Crippen LogP contribution in [0.4, 0.5) is 11.4 Å². The van der Waals surface area contributed by atoms with Gasteiger partial charge in [-0.3, -0.25) is 9.59 Å². The quantitative estimate of drug-likeness (QED) is 0.687. The number of rotatable bonds is 6. The number of aryl methyl sites for hydroxylation is 1. The van der Waals surface area contributed by atoms with Crippen molar-refractivity contribution in [2.24, 2.45) is 0 Å². The number of likely N-dealkylation sites (N-methyl/N-ethyl adjacent to an activating group) is 1. The molecule has 0 aliphatic heterocycles. The van der Waals surface area contributed by atoms with E-state index in [0.717, 1.165) is 29.6 Å². The molecule has 2 aromatic carbocycles. The van der Waals surface area contributed by atoms with E-state index in [0.29, 0.717) is 16.9 Å². The normalized spacial score (nSPS) is 11.0. The van der Waals surface area contributed by atoms with Crippen LogP contribution in [-0.4, -0.2) is 41.9 Å². The van der Waals surface area contributed by atoms with Crippen LogP contribution < -0.4 is 10.6 Å². The maximum Gasteiger partial charge on any atom is 0.257 e. The SMILES string of the molecule is CC(=O)Nc1ccc(C)cc1NC(=O)c1cn(CCN(C)C)c2ccccc12. The summed E-state index contributed by atoms with van der Waals surface area (Å²) in [5, 5.41) is 6.64. The number of hydrogen-bond acceptors (Lipinski definition) is 3. The van der Waals surface area contributed by atoms with Crippen LogP contribution in [0.2, 0.25) is 0 Å². The maximum atomic E-state index is 13.1. The van der Waals surface area contributed by atoms with Crippen molar-refractivity contribution in [1.82, 2.24) is 9.47 Å². The van der Waals surface area contributed by atoms with Gasteiger partial charge in [0.15, 0.2) is 0 Å². The highest BCUT2D eigenvalue weighted by Crippen LogP contribution is 2.26. The zero-order valence-corrected chi connectivity index (χ0v) is 16.7. The van der Waals surface area contributed by atoms with Crippen molar-refractivity contribution in [2.45, 2.75) is 20.4 Å². The molecule has 6 heteroatoms. The average Bonchev–Trinajstić information content (AvgIpc) is 3.01. The highest BCUT2D eigenvalue weighted by atomic mass is 16.2. The van der Waals surface area contributed by atoms with Gasteiger partial charge in [-0.2, -0.15) is 0 Å². The summed E-state index contributed by atoms with van der Waals surface area (Å²) in [6, 6.07) is 13.4. The summed E-state index contributed by atoms with van der Waals surface area (Å²) in [6.07, 6.45) is 1.90. The van der Waals surface area contributed by atoms with E-state index >= 15 is 0 Å². The molecule has 6 nitrogen and oxygen atoms in total. The van der Waals surface area contributed by atoms with Crippen LogP contribution >= 0.6 is 0 Å². The first-order valence-electron chi connectivity index (χ1n) is 9.27. The van der Waals surface area contributed by atoms with Crippen molar-refractivity contribution < 1.29 is 9.59 Å². The zero-order chi connectivity index (χ0) is 20.3. The summed E-state index contributed by atoms with van der Waals surface area (Å²) in [4.78, 5) is 26.7. The predicted molar refractivity (Wildman–Crippen MR) is 114 cm³/mol. The topological polar surface area (TPSA) is 66.4 Å². The minimum absolute atomic E-state index is 0.181. The fourth-order valence-electron chi connectivity index (χ4n) is 3.17. The predicted octanol–water partition coefficient (Wildman–Crippen LogP) is 3.72. The standard InChI is InChI=1S/C22H26N4O2/c1-15-9-10-19(23-16(2)27)20(13-15)24-22(28)18-14-26(12-11-25(3)4)21-8-6-5-7-17(18)21/h5-10,13-14H,11-12H2,1-4H3,(H,23,27)(H,24,28). The van der Waals surface area contributed by atoms with Crippen LogP contribution in [0.25, 0.3) is 10.9 Å². The lowest BCUT2D eigenvalue weighted by Crippen LogP contribution is -2.18. The molecular weight excluding hydrogens is 352 g/mol. The van der Waals surface area contributed by atoms with Gasteiger partial charge in [-0.05, 0) is 44.8 Å². The molecular formula is C22H26N4O2. The molecule has 0 aliphatic carbocycles. The van der Waals surface area contributed by atoms with Gasteiger partial charge in [0, 0.05) is 37.1 Å². The van der Waals surface area contributed by atoms with Crippen molar-refractivity contribution in [3.8, 4) is 0 Å². The molecule has 1 heterocycles. The Balaban J connectivity index is 1.94. The molecule has 0 radical (unpaired) electrons. The zero-order valence-electron chi connectivity index (χ0n) is 16.7. The van der Waals surface area contributed by atoms with Gasteiger partial charge in [0.1, 0.15) is 0 Å². The number of benzene rings is 2. The van der Waals surface area contributed by atoms with Gasteiger partial charge < -0.3 is 20.1 Å². The molecule has 0 saturated carbocycles. The first-order valence-corrected chi connectivity index (χ1v) is 9.27. The average molecular weight is 378 g/mol. The van der Waals surface area contributed by atoms with Crippen LogP contribution in [0.15, 0.2) is 48.7 Å². The number of carbonyl (C=O) groups is 2. The third-order valence-corrected chi connectivity index (χ3v) is 4.56. The van der Waals surface area contributed by atoms with Crippen molar-refractivity contribution in [3.05, 3.63) is 59.8 Å². The van der Waals surface area contributed by atoms with Crippen molar-refractivity contribution >= 4 is 34.1 Å². The Hall–Kier alpha value is -3.12. The number of anilines is 2. The first kappa shape index (κ1) is 19.6. The van der Waals surface area contributed by atoms with Gasteiger partial charge in [-0.15, -0.1) is 0 Å². The Labute approximate surface area is 165 Å². The molecule has 146 valence electrons. The lowest BCUT2D eigenvalue weighted by atomic mass is 10.1. The summed E-state index contributed by atoms with van der Waals surface area (Å²) in [5.74, 6) is -0.378. The van der Waals surface area contributed by atoms with E-state index < -0.39 is 0 Å². The molecule has 1 aromatic heterocycles. The largest absolute Gasteiger partial charge is 0.345 e. The van der Waals surface area contributed by atoms with Crippen molar-refractivity contribution in [2.75, 3.05) is 31.3 Å². The highest BCUT2D eigenvalue weighted by Gasteiger charge is 2.16. The van der Waals surface area contributed by atoms with E-state index in [4.69, 9.17) is 0 Å². The summed E-state index contributed by atoms with van der Waals surface area (Å²) in [7, 11) is 4.06. The fraction of sp³-hybridized carbons (Fsp3) is 0.273. The molecule has 0 unspecified atom stereocenters. The number of amides is 2. The second-order valence-corrected chi connectivity index (χ2v) is 7.24. The van der Waals surface area contributed by atoms with Gasteiger partial charge >= 0.3 is 0 Å². The van der Waals surface area contributed by atoms with Crippen molar-refractivity contribution in [1.29, 1.82) is 0 Å². The molecule has 0 atom stereocenters. The van der Waals surface area contributed by atoms with E-state index in [1.807, 2.05) is 63.6 Å². The van der Waals surface area contributed by atoms with Crippen LogP contribution in [0.1, 0.15) is 22.8 Å². The van der Waals surface area contributed by atoms with E-state index in [-0.39, 0.29) is 11.8 Å². The molecule has 2 amide bonds. The third-order valence-electron chi connectivity index (χ3n) is 4.56. The lowest BCUT2D eigenvalue weighted by molar-refractivity contribution is -0.114. The molecule has 28 heavy (non-hydrogen) atoms. The summed E-state index contributed by atoms with van der Waals surface area (Å²) in [5.41, 5.74) is 3.82. The minimum atomic E-state index is -0.197. The van der Waals surface area contributed by atoms with Gasteiger partial charge in [0.05, 0.1) is 16.9 Å². The minimum Gasteiger partial charge on any atom is -0.345 e. The number of carbonyl (C=O) groups excluding carboxylic acids is 2. The molecule has 0 saturated heterocycles. The summed E-state index contributed by atoms with van der Waals surface area (Å²) < 4.78 is 2.11. The van der Waals surface area contributed by atoms with Gasteiger partial charge in [-0.1, -0.05) is 24.3 Å².